The molecule has 0 spiro atoms. The van der Waals surface area contributed by atoms with Crippen molar-refractivity contribution in [3.05, 3.63) is 83.3 Å². The molecule has 39 heavy (non-hydrogen) atoms. The van der Waals surface area contributed by atoms with Crippen LogP contribution in [0.25, 0.3) is 0 Å². The van der Waals surface area contributed by atoms with Crippen LogP contribution in [0.3, 0.4) is 0 Å². The Kier molecular flexibility index (Phi) is 8.09. The molecule has 3 fully saturated rings. The van der Waals surface area contributed by atoms with E-state index < -0.39 is 0 Å². The summed E-state index contributed by atoms with van der Waals surface area (Å²) in [5.41, 5.74) is 2.39. The molecule has 1 N–H and O–H groups in total. The topological polar surface area (TPSA) is 64.6 Å². The highest BCUT2D eigenvalue weighted by atomic mass is 35.5. The first-order valence-electron chi connectivity index (χ1n) is 14.3. The molecule has 0 radical (unpaired) electrons. The number of carbonyl (C=O) groups is 1. The van der Waals surface area contributed by atoms with Crippen LogP contribution in [0.15, 0.2) is 67.0 Å². The normalized spacial score (nSPS) is 22.8. The molecule has 3 aromatic rings. The number of likely N-dealkylation sites (tertiary alicyclic amines) is 1. The fourth-order valence-electron chi connectivity index (χ4n) is 6.72. The first kappa shape index (κ1) is 26.2. The highest BCUT2D eigenvalue weighted by molar-refractivity contribution is 6.31. The number of benzene rings is 1. The van der Waals surface area contributed by atoms with Crippen LogP contribution in [-0.2, 0) is 6.54 Å². The van der Waals surface area contributed by atoms with E-state index in [1.54, 1.807) is 30.6 Å². The molecule has 3 aliphatic rings. The number of nitrogens with zero attached hydrogens (tertiary/aromatic N) is 5. The van der Waals surface area contributed by atoms with Crippen LogP contribution < -0.4 is 10.2 Å². The molecule has 3 saturated heterocycles. The molecule has 5 heterocycles. The molecule has 8 heteroatoms. The lowest BCUT2D eigenvalue weighted by atomic mass is 9.89. The molecule has 0 saturated carbocycles. The van der Waals surface area contributed by atoms with Gasteiger partial charge in [0.15, 0.2) is 0 Å². The van der Waals surface area contributed by atoms with Crippen molar-refractivity contribution in [2.45, 2.75) is 63.2 Å². The Morgan fingerprint density at radius 1 is 0.872 bits per heavy atom. The predicted molar refractivity (Wildman–Crippen MR) is 156 cm³/mol. The Morgan fingerprint density at radius 2 is 1.62 bits per heavy atom. The fourth-order valence-corrected chi connectivity index (χ4v) is 6.91. The Labute approximate surface area is 236 Å². The number of pyridine rings is 2. The fraction of sp³-hybridized carbons (Fsp3) is 0.452. The maximum Gasteiger partial charge on any atom is 0.274 e. The van der Waals surface area contributed by atoms with Gasteiger partial charge in [-0.25, -0.2) is 4.98 Å². The number of rotatable bonds is 6. The van der Waals surface area contributed by atoms with Gasteiger partial charge in [0.1, 0.15) is 11.5 Å². The van der Waals surface area contributed by atoms with E-state index in [-0.39, 0.29) is 5.91 Å². The summed E-state index contributed by atoms with van der Waals surface area (Å²) in [7, 11) is 0. The Balaban J connectivity index is 1.11. The number of carbonyl (C=O) groups excluding carboxylic acids is 1. The van der Waals surface area contributed by atoms with Gasteiger partial charge < -0.3 is 10.2 Å². The van der Waals surface area contributed by atoms with Gasteiger partial charge in [0.05, 0.1) is 0 Å². The van der Waals surface area contributed by atoms with Crippen molar-refractivity contribution in [1.82, 2.24) is 19.8 Å². The molecule has 2 aromatic heterocycles. The monoisotopic (exact) mass is 544 g/mol. The second kappa shape index (κ2) is 12.0. The summed E-state index contributed by atoms with van der Waals surface area (Å²) < 4.78 is 0. The Bertz CT molecular complexity index is 1260. The van der Waals surface area contributed by atoms with Gasteiger partial charge in [-0.3, -0.25) is 19.6 Å². The van der Waals surface area contributed by atoms with Crippen LogP contribution >= 0.6 is 11.6 Å². The summed E-state index contributed by atoms with van der Waals surface area (Å²) in [5.74, 6) is 0.709. The molecule has 2 bridgehead atoms. The molecule has 204 valence electrons. The number of nitrogens with one attached hydrogen (secondary N) is 1. The van der Waals surface area contributed by atoms with Crippen LogP contribution in [-0.4, -0.2) is 70.0 Å². The van der Waals surface area contributed by atoms with E-state index in [9.17, 15) is 4.79 Å². The highest BCUT2D eigenvalue weighted by Gasteiger charge is 2.40. The molecule has 1 aromatic carbocycles. The van der Waals surface area contributed by atoms with Crippen molar-refractivity contribution in [3.8, 4) is 0 Å². The maximum absolute atomic E-state index is 12.9. The van der Waals surface area contributed by atoms with Gasteiger partial charge in [0.25, 0.3) is 5.91 Å². The predicted octanol–water partition coefficient (Wildman–Crippen LogP) is 5.48. The van der Waals surface area contributed by atoms with Gasteiger partial charge in [-0.05, 0) is 81.1 Å². The summed E-state index contributed by atoms with van der Waals surface area (Å²) >= 11 is 6.44. The maximum atomic E-state index is 12.9. The van der Waals surface area contributed by atoms with Crippen LogP contribution in [0.1, 0.15) is 54.6 Å². The number of piperidine rings is 2. The Morgan fingerprint density at radius 3 is 2.44 bits per heavy atom. The van der Waals surface area contributed by atoms with E-state index in [1.165, 1.54) is 37.7 Å². The van der Waals surface area contributed by atoms with Crippen molar-refractivity contribution in [2.75, 3.05) is 36.4 Å². The molecule has 7 nitrogen and oxygen atoms in total. The second-order valence-electron chi connectivity index (χ2n) is 11.1. The molecule has 3 aliphatic heterocycles. The minimum Gasteiger partial charge on any atom is -0.355 e. The number of anilines is 2. The molecule has 2 unspecified atom stereocenters. The third kappa shape index (κ3) is 6.11. The third-order valence-corrected chi connectivity index (χ3v) is 9.01. The van der Waals surface area contributed by atoms with E-state index in [0.717, 1.165) is 55.7 Å². The van der Waals surface area contributed by atoms with E-state index in [2.05, 4.69) is 43.2 Å². The summed E-state index contributed by atoms with van der Waals surface area (Å²) in [6.07, 6.45) is 10.7. The van der Waals surface area contributed by atoms with E-state index in [4.69, 9.17) is 16.6 Å². The van der Waals surface area contributed by atoms with Gasteiger partial charge in [-0.2, -0.15) is 0 Å². The largest absolute Gasteiger partial charge is 0.355 e. The first-order valence-corrected chi connectivity index (χ1v) is 14.7. The zero-order chi connectivity index (χ0) is 26.6. The summed E-state index contributed by atoms with van der Waals surface area (Å²) in [4.78, 5) is 29.6. The lowest BCUT2D eigenvalue weighted by Crippen LogP contribution is -2.56. The second-order valence-corrected chi connectivity index (χ2v) is 11.5. The quantitative estimate of drug-likeness (QED) is 0.443. The average molecular weight is 545 g/mol. The van der Waals surface area contributed by atoms with E-state index in [1.807, 2.05) is 18.2 Å². The van der Waals surface area contributed by atoms with Crippen molar-refractivity contribution in [2.24, 2.45) is 0 Å². The van der Waals surface area contributed by atoms with Crippen LogP contribution in [0.4, 0.5) is 11.5 Å². The molecular weight excluding hydrogens is 508 g/mol. The molecule has 0 aliphatic carbocycles. The average Bonchev–Trinajstić information content (AvgIpc) is 3.08. The third-order valence-electron chi connectivity index (χ3n) is 8.64. The van der Waals surface area contributed by atoms with Gasteiger partial charge >= 0.3 is 0 Å². The molecular formula is C31H37ClN6O. The van der Waals surface area contributed by atoms with Crippen molar-refractivity contribution in [1.29, 1.82) is 0 Å². The number of halogens is 1. The molecule has 6 rings (SSSR count). The van der Waals surface area contributed by atoms with Gasteiger partial charge in [0, 0.05) is 60.9 Å². The van der Waals surface area contributed by atoms with Crippen molar-refractivity contribution >= 4 is 29.0 Å². The first-order chi connectivity index (χ1) is 19.1. The summed E-state index contributed by atoms with van der Waals surface area (Å²) in [5, 5.41) is 3.80. The van der Waals surface area contributed by atoms with Crippen molar-refractivity contribution in [3.63, 3.8) is 0 Å². The minimum absolute atomic E-state index is 0.193. The van der Waals surface area contributed by atoms with Gasteiger partial charge in [0.2, 0.25) is 0 Å². The smallest absolute Gasteiger partial charge is 0.274 e. The van der Waals surface area contributed by atoms with Gasteiger partial charge in [-0.1, -0.05) is 42.3 Å². The zero-order valence-electron chi connectivity index (χ0n) is 22.4. The number of hydrogen-bond acceptors (Lipinski definition) is 6. The number of amides is 1. The number of hydrogen-bond donors (Lipinski definition) is 1. The van der Waals surface area contributed by atoms with E-state index >= 15 is 0 Å². The van der Waals surface area contributed by atoms with Crippen molar-refractivity contribution < 1.29 is 4.79 Å². The summed E-state index contributed by atoms with van der Waals surface area (Å²) in [6, 6.07) is 19.4. The zero-order valence-corrected chi connectivity index (χ0v) is 23.1. The Hall–Kier alpha value is -3.00. The lowest BCUT2D eigenvalue weighted by Gasteiger charge is -2.48. The lowest BCUT2D eigenvalue weighted by molar-refractivity contribution is 0.0141. The van der Waals surface area contributed by atoms with Crippen LogP contribution in [0.5, 0.6) is 0 Å². The number of fused-ring (bicyclic) bond motifs is 2. The SMILES string of the molecule is O=C(Nc1ccncc1)c1cccc(N2CCC3CCCC(C2)N3C2CCN(Cc3ccccc3Cl)CC2)n1. The highest BCUT2D eigenvalue weighted by Crippen LogP contribution is 2.35. The van der Waals surface area contributed by atoms with E-state index in [0.29, 0.717) is 23.8 Å². The minimum atomic E-state index is -0.193. The summed E-state index contributed by atoms with van der Waals surface area (Å²) in [6.45, 7) is 5.12. The number of aromatic nitrogens is 2. The molecule has 1 amide bonds. The van der Waals surface area contributed by atoms with Crippen LogP contribution in [0, 0.1) is 0 Å². The standard InChI is InChI=1S/C31H37ClN6O/c32-28-8-2-1-5-23(28)21-36-18-13-26(14-19-36)38-25-6-3-7-27(38)22-37(20-15-25)30-10-4-9-29(35-30)31(39)34-24-11-16-33-17-12-24/h1-2,4-5,8-12,16-17,25-27H,3,6-7,13-15,18-22H2,(H,33,34,39). The van der Waals surface area contributed by atoms with Crippen LogP contribution in [0.2, 0.25) is 5.02 Å². The van der Waals surface area contributed by atoms with Gasteiger partial charge in [-0.15, -0.1) is 0 Å². The molecule has 2 atom stereocenters.